The van der Waals surface area contributed by atoms with Gasteiger partial charge in [0.1, 0.15) is 6.54 Å². The molecule has 1 fully saturated rings. The van der Waals surface area contributed by atoms with E-state index in [1.165, 1.54) is 4.90 Å². The van der Waals surface area contributed by atoms with E-state index in [9.17, 15) is 9.59 Å². The van der Waals surface area contributed by atoms with Crippen LogP contribution in [0.4, 0.5) is 4.79 Å². The number of carboxylic acid groups (broad SMARTS) is 1. The molecule has 0 aliphatic carbocycles. The highest BCUT2D eigenvalue weighted by atomic mass is 16.4. The second kappa shape index (κ2) is 5.77. The Morgan fingerprint density at radius 1 is 1.32 bits per heavy atom. The second-order valence-corrected chi connectivity index (χ2v) is 6.05. The van der Waals surface area contributed by atoms with Gasteiger partial charge in [-0.1, -0.05) is 0 Å². The first-order valence-corrected chi connectivity index (χ1v) is 6.63. The van der Waals surface area contributed by atoms with Crippen LogP contribution < -0.4 is 0 Å². The number of amides is 2. The maximum atomic E-state index is 12.4. The summed E-state index contributed by atoms with van der Waals surface area (Å²) >= 11 is 0. The van der Waals surface area contributed by atoms with Crippen molar-refractivity contribution in [3.05, 3.63) is 0 Å². The predicted octanol–water partition coefficient (Wildman–Crippen LogP) is 0.927. The number of piperazine rings is 1. The summed E-state index contributed by atoms with van der Waals surface area (Å²) in [7, 11) is 2.04. The lowest BCUT2D eigenvalue weighted by Crippen LogP contribution is -2.61. The molecule has 1 heterocycles. The molecule has 2 amide bonds. The van der Waals surface area contributed by atoms with Gasteiger partial charge >= 0.3 is 12.0 Å². The number of carbonyl (C=O) groups excluding carboxylic acids is 1. The van der Waals surface area contributed by atoms with E-state index < -0.39 is 5.97 Å². The number of carboxylic acids is 1. The van der Waals surface area contributed by atoms with Gasteiger partial charge in [0, 0.05) is 31.2 Å². The minimum Gasteiger partial charge on any atom is -0.480 e. The Balaban J connectivity index is 2.78. The lowest BCUT2D eigenvalue weighted by Gasteiger charge is -2.46. The van der Waals surface area contributed by atoms with E-state index in [1.54, 1.807) is 4.90 Å². The van der Waals surface area contributed by atoms with Gasteiger partial charge in [0.25, 0.3) is 0 Å². The third-order valence-electron chi connectivity index (χ3n) is 3.76. The fraction of sp³-hybridized carbons (Fsp3) is 0.846. The first-order chi connectivity index (χ1) is 8.65. The van der Waals surface area contributed by atoms with Crippen LogP contribution in [0.15, 0.2) is 0 Å². The van der Waals surface area contributed by atoms with Gasteiger partial charge < -0.3 is 14.9 Å². The number of urea groups is 1. The van der Waals surface area contributed by atoms with Gasteiger partial charge in [-0.15, -0.1) is 0 Å². The van der Waals surface area contributed by atoms with Crippen LogP contribution >= 0.6 is 0 Å². The monoisotopic (exact) mass is 271 g/mol. The van der Waals surface area contributed by atoms with Crippen LogP contribution in [0.3, 0.4) is 0 Å². The maximum absolute atomic E-state index is 12.4. The molecule has 6 heteroatoms. The third-order valence-corrected chi connectivity index (χ3v) is 3.76. The molecule has 0 aromatic rings. The van der Waals surface area contributed by atoms with E-state index in [4.69, 9.17) is 5.11 Å². The van der Waals surface area contributed by atoms with Crippen molar-refractivity contribution in [2.45, 2.75) is 39.3 Å². The number of aliphatic carboxylic acids is 1. The van der Waals surface area contributed by atoms with E-state index in [0.29, 0.717) is 13.1 Å². The van der Waals surface area contributed by atoms with Crippen LogP contribution in [0, 0.1) is 0 Å². The van der Waals surface area contributed by atoms with Crippen molar-refractivity contribution in [1.29, 1.82) is 0 Å². The Morgan fingerprint density at radius 3 is 2.32 bits per heavy atom. The van der Waals surface area contributed by atoms with Gasteiger partial charge in [-0.25, -0.2) is 4.79 Å². The molecule has 0 atom stereocenters. The normalized spacial score (nSPS) is 19.6. The van der Waals surface area contributed by atoms with Crippen LogP contribution in [-0.2, 0) is 4.79 Å². The molecule has 1 aliphatic heterocycles. The molecule has 0 spiro atoms. The second-order valence-electron chi connectivity index (χ2n) is 6.05. The lowest BCUT2D eigenvalue weighted by atomic mass is 10.00. The summed E-state index contributed by atoms with van der Waals surface area (Å²) in [5, 5.41) is 8.90. The zero-order valence-corrected chi connectivity index (χ0v) is 12.5. The topological polar surface area (TPSA) is 64.1 Å². The number of carbonyl (C=O) groups is 2. The van der Waals surface area contributed by atoms with Gasteiger partial charge in [-0.05, 0) is 34.7 Å². The van der Waals surface area contributed by atoms with Crippen molar-refractivity contribution in [3.63, 3.8) is 0 Å². The molecular formula is C13H25N3O3. The molecule has 19 heavy (non-hydrogen) atoms. The molecule has 0 unspecified atom stereocenters. The number of likely N-dealkylation sites (N-methyl/N-ethyl adjacent to an activating group) is 1. The summed E-state index contributed by atoms with van der Waals surface area (Å²) in [5.74, 6) is -0.976. The van der Waals surface area contributed by atoms with Crippen molar-refractivity contribution >= 4 is 12.0 Å². The van der Waals surface area contributed by atoms with Crippen LogP contribution in [0.1, 0.15) is 27.7 Å². The van der Waals surface area contributed by atoms with Crippen LogP contribution in [-0.4, -0.2) is 76.6 Å². The minimum absolute atomic E-state index is 0.0835. The first-order valence-electron chi connectivity index (χ1n) is 6.63. The summed E-state index contributed by atoms with van der Waals surface area (Å²) in [6.07, 6.45) is 0. The number of rotatable bonds is 3. The van der Waals surface area contributed by atoms with Crippen molar-refractivity contribution in [2.24, 2.45) is 0 Å². The Labute approximate surface area is 115 Å². The highest BCUT2D eigenvalue weighted by Gasteiger charge is 2.35. The average Bonchev–Trinajstić information content (AvgIpc) is 2.28. The molecule has 1 rings (SSSR count). The van der Waals surface area contributed by atoms with E-state index in [-0.39, 0.29) is 24.2 Å². The molecule has 0 aromatic heterocycles. The standard InChI is InChI=1S/C13H25N3O3/c1-10(2)16(8-11(17)18)12(19)15-7-6-14(5)13(3,4)9-15/h10H,6-9H2,1-5H3,(H,17,18). The fourth-order valence-electron chi connectivity index (χ4n) is 2.20. The zero-order valence-electron chi connectivity index (χ0n) is 12.5. The van der Waals surface area contributed by atoms with Gasteiger partial charge in [0.05, 0.1) is 0 Å². The van der Waals surface area contributed by atoms with Crippen LogP contribution in [0.5, 0.6) is 0 Å². The highest BCUT2D eigenvalue weighted by Crippen LogP contribution is 2.20. The average molecular weight is 271 g/mol. The molecule has 1 saturated heterocycles. The Bertz CT molecular complexity index is 355. The summed E-state index contributed by atoms with van der Waals surface area (Å²) in [6.45, 7) is 9.66. The number of nitrogens with zero attached hydrogens (tertiary/aromatic N) is 3. The summed E-state index contributed by atoms with van der Waals surface area (Å²) in [5.41, 5.74) is -0.0835. The van der Waals surface area contributed by atoms with E-state index in [0.717, 1.165) is 6.54 Å². The molecule has 6 nitrogen and oxygen atoms in total. The Kier molecular flexibility index (Phi) is 4.79. The first kappa shape index (κ1) is 15.8. The van der Waals surface area contributed by atoms with Crippen LogP contribution in [0.25, 0.3) is 0 Å². The highest BCUT2D eigenvalue weighted by molar-refractivity contribution is 5.80. The van der Waals surface area contributed by atoms with E-state index in [1.807, 2.05) is 20.9 Å². The lowest BCUT2D eigenvalue weighted by molar-refractivity contribution is -0.138. The summed E-state index contributed by atoms with van der Waals surface area (Å²) in [4.78, 5) is 28.7. The van der Waals surface area contributed by atoms with Gasteiger partial charge in [-0.3, -0.25) is 9.69 Å². The number of hydrogen-bond acceptors (Lipinski definition) is 3. The zero-order chi connectivity index (χ0) is 14.8. The molecule has 1 N–H and O–H groups in total. The minimum atomic E-state index is -0.976. The van der Waals surface area contributed by atoms with E-state index in [2.05, 4.69) is 18.7 Å². The SMILES string of the molecule is CC(C)N(CC(=O)O)C(=O)N1CCN(C)C(C)(C)C1. The third kappa shape index (κ3) is 3.83. The molecule has 0 aromatic carbocycles. The summed E-state index contributed by atoms with van der Waals surface area (Å²) in [6, 6.07) is -0.301. The van der Waals surface area contributed by atoms with Gasteiger partial charge in [0.15, 0.2) is 0 Å². The maximum Gasteiger partial charge on any atom is 0.323 e. The molecule has 0 saturated carbocycles. The summed E-state index contributed by atoms with van der Waals surface area (Å²) < 4.78 is 0. The quantitative estimate of drug-likeness (QED) is 0.829. The van der Waals surface area contributed by atoms with E-state index >= 15 is 0 Å². The Morgan fingerprint density at radius 2 is 1.89 bits per heavy atom. The number of hydrogen-bond donors (Lipinski definition) is 1. The largest absolute Gasteiger partial charge is 0.480 e. The van der Waals surface area contributed by atoms with Gasteiger partial charge in [0.2, 0.25) is 0 Å². The van der Waals surface area contributed by atoms with Gasteiger partial charge in [-0.2, -0.15) is 0 Å². The molecule has 110 valence electrons. The Hall–Kier alpha value is -1.30. The fourth-order valence-corrected chi connectivity index (χ4v) is 2.20. The molecule has 1 aliphatic rings. The molecule has 0 bridgehead atoms. The molecular weight excluding hydrogens is 246 g/mol. The van der Waals surface area contributed by atoms with Crippen molar-refractivity contribution in [3.8, 4) is 0 Å². The molecule has 0 radical (unpaired) electrons. The van der Waals surface area contributed by atoms with Crippen LogP contribution in [0.2, 0.25) is 0 Å². The van der Waals surface area contributed by atoms with Crippen molar-refractivity contribution < 1.29 is 14.7 Å². The smallest absolute Gasteiger partial charge is 0.323 e. The van der Waals surface area contributed by atoms with Crippen molar-refractivity contribution in [1.82, 2.24) is 14.7 Å². The van der Waals surface area contributed by atoms with Crippen molar-refractivity contribution in [2.75, 3.05) is 33.2 Å². The predicted molar refractivity (Wildman–Crippen MR) is 73.2 cm³/mol.